The molecule has 2 heterocycles. The quantitative estimate of drug-likeness (QED) is 0.743. The van der Waals surface area contributed by atoms with Crippen molar-refractivity contribution in [1.82, 2.24) is 20.1 Å². The van der Waals surface area contributed by atoms with Gasteiger partial charge in [-0.3, -0.25) is 20.6 Å². The first-order valence-electron chi connectivity index (χ1n) is 8.75. The van der Waals surface area contributed by atoms with Gasteiger partial charge in [0.05, 0.1) is 16.3 Å². The van der Waals surface area contributed by atoms with Crippen LogP contribution in [0.1, 0.15) is 35.3 Å². The summed E-state index contributed by atoms with van der Waals surface area (Å²) in [5, 5.41) is 0. The Labute approximate surface area is 159 Å². The Morgan fingerprint density at radius 1 is 1.04 bits per heavy atom. The van der Waals surface area contributed by atoms with Gasteiger partial charge in [-0.25, -0.2) is 8.42 Å². The van der Waals surface area contributed by atoms with E-state index in [1.165, 1.54) is 16.4 Å². The lowest BCUT2D eigenvalue weighted by Crippen LogP contribution is -2.37. The molecule has 0 spiro atoms. The minimum Gasteiger partial charge on any atom is -0.297 e. The number of benzene rings is 1. The molecule has 1 amide bonds. The predicted molar refractivity (Wildman–Crippen MR) is 103 cm³/mol. The molecule has 2 N–H and O–H groups in total. The molecular formula is C19H22N4O3S. The fourth-order valence-electron chi connectivity index (χ4n) is 2.86. The van der Waals surface area contributed by atoms with Crippen molar-refractivity contribution in [2.24, 2.45) is 0 Å². The van der Waals surface area contributed by atoms with Crippen LogP contribution in [0.3, 0.4) is 0 Å². The third-order valence-corrected chi connectivity index (χ3v) is 6.24. The van der Waals surface area contributed by atoms with E-state index >= 15 is 0 Å². The lowest BCUT2D eigenvalue weighted by Gasteiger charge is -2.26. The van der Waals surface area contributed by atoms with Gasteiger partial charge >= 0.3 is 0 Å². The SMILES string of the molecule is C=C(NNC(=O)c1cccc(S(=O)(=O)N2CCCCC2)c1)c1ccccn1. The first-order valence-corrected chi connectivity index (χ1v) is 10.2. The smallest absolute Gasteiger partial charge is 0.269 e. The molecule has 1 fully saturated rings. The zero-order valence-electron chi connectivity index (χ0n) is 14.9. The highest BCUT2D eigenvalue weighted by atomic mass is 32.2. The molecule has 0 bridgehead atoms. The third-order valence-electron chi connectivity index (χ3n) is 4.35. The number of pyridine rings is 1. The molecule has 0 saturated carbocycles. The fraction of sp³-hybridized carbons (Fsp3) is 0.263. The molecule has 8 heteroatoms. The van der Waals surface area contributed by atoms with Gasteiger partial charge in [0.15, 0.2) is 0 Å². The maximum absolute atomic E-state index is 12.8. The van der Waals surface area contributed by atoms with Gasteiger partial charge in [-0.1, -0.05) is 25.1 Å². The molecule has 0 unspecified atom stereocenters. The van der Waals surface area contributed by atoms with Crippen LogP contribution in [0.2, 0.25) is 0 Å². The maximum atomic E-state index is 12.8. The van der Waals surface area contributed by atoms with Gasteiger partial charge in [0.1, 0.15) is 0 Å². The largest absolute Gasteiger partial charge is 0.297 e. The minimum absolute atomic E-state index is 0.126. The van der Waals surface area contributed by atoms with E-state index in [2.05, 4.69) is 22.4 Å². The normalized spacial score (nSPS) is 15.1. The Balaban J connectivity index is 1.69. The Morgan fingerprint density at radius 2 is 1.81 bits per heavy atom. The number of nitrogens with one attached hydrogen (secondary N) is 2. The second kappa shape index (κ2) is 8.32. The molecule has 3 rings (SSSR count). The molecule has 0 aliphatic carbocycles. The van der Waals surface area contributed by atoms with Crippen molar-refractivity contribution in [1.29, 1.82) is 0 Å². The predicted octanol–water partition coefficient (Wildman–Crippen LogP) is 2.16. The van der Waals surface area contributed by atoms with Gasteiger partial charge in [-0.2, -0.15) is 4.31 Å². The van der Waals surface area contributed by atoms with E-state index in [0.29, 0.717) is 24.5 Å². The Hall–Kier alpha value is -2.71. The highest BCUT2D eigenvalue weighted by molar-refractivity contribution is 7.89. The number of hydrazine groups is 1. The van der Waals surface area contributed by atoms with Crippen molar-refractivity contribution in [3.63, 3.8) is 0 Å². The number of amides is 1. The summed E-state index contributed by atoms with van der Waals surface area (Å²) >= 11 is 0. The second-order valence-electron chi connectivity index (χ2n) is 6.27. The Morgan fingerprint density at radius 3 is 2.52 bits per heavy atom. The van der Waals surface area contributed by atoms with E-state index in [9.17, 15) is 13.2 Å². The highest BCUT2D eigenvalue weighted by Crippen LogP contribution is 2.21. The second-order valence-corrected chi connectivity index (χ2v) is 8.20. The van der Waals surface area contributed by atoms with Crippen LogP contribution in [0.25, 0.3) is 5.70 Å². The van der Waals surface area contributed by atoms with Gasteiger partial charge in [-0.05, 0) is 43.2 Å². The summed E-state index contributed by atoms with van der Waals surface area (Å²) in [6.07, 6.45) is 4.39. The van der Waals surface area contributed by atoms with Crippen molar-refractivity contribution in [2.75, 3.05) is 13.1 Å². The van der Waals surface area contributed by atoms with Crippen LogP contribution in [0.15, 0.2) is 60.1 Å². The van der Waals surface area contributed by atoms with Crippen LogP contribution in [0, 0.1) is 0 Å². The molecule has 0 atom stereocenters. The Bertz CT molecular complexity index is 923. The van der Waals surface area contributed by atoms with Crippen molar-refractivity contribution in [3.8, 4) is 0 Å². The summed E-state index contributed by atoms with van der Waals surface area (Å²) in [5.74, 6) is -0.456. The molecule has 1 aromatic heterocycles. The van der Waals surface area contributed by atoms with Crippen LogP contribution >= 0.6 is 0 Å². The number of piperidine rings is 1. The first-order chi connectivity index (χ1) is 13.0. The summed E-state index contributed by atoms with van der Waals surface area (Å²) < 4.78 is 27.0. The van der Waals surface area contributed by atoms with Gasteiger partial charge in [-0.15, -0.1) is 0 Å². The molecule has 142 valence electrons. The number of carbonyl (C=O) groups excluding carboxylic acids is 1. The van der Waals surface area contributed by atoms with E-state index in [1.54, 1.807) is 30.5 Å². The number of rotatable bonds is 6. The summed E-state index contributed by atoms with van der Waals surface area (Å²) in [7, 11) is -3.59. The van der Waals surface area contributed by atoms with Gasteiger partial charge in [0.25, 0.3) is 5.91 Å². The fourth-order valence-corrected chi connectivity index (χ4v) is 4.43. The summed E-state index contributed by atoms with van der Waals surface area (Å²) in [6, 6.07) is 11.4. The Kier molecular flexibility index (Phi) is 5.88. The van der Waals surface area contributed by atoms with E-state index in [1.807, 2.05) is 6.07 Å². The average Bonchev–Trinajstić information content (AvgIpc) is 2.73. The van der Waals surface area contributed by atoms with Crippen molar-refractivity contribution < 1.29 is 13.2 Å². The van der Waals surface area contributed by atoms with Gasteiger partial charge in [0.2, 0.25) is 10.0 Å². The standard InChI is InChI=1S/C19H22N4O3S/c1-15(18-10-3-4-11-20-18)21-22-19(24)16-8-7-9-17(14-16)27(25,26)23-12-5-2-6-13-23/h3-4,7-11,14,21H,1-2,5-6,12-13H2,(H,22,24). The molecule has 1 aromatic carbocycles. The zero-order valence-corrected chi connectivity index (χ0v) is 15.7. The van der Waals surface area contributed by atoms with Crippen molar-refractivity contribution in [3.05, 3.63) is 66.5 Å². The minimum atomic E-state index is -3.59. The number of carbonyl (C=O) groups is 1. The van der Waals surface area contributed by atoms with Crippen molar-refractivity contribution in [2.45, 2.75) is 24.2 Å². The number of nitrogens with zero attached hydrogens (tertiary/aromatic N) is 2. The molecule has 0 radical (unpaired) electrons. The van der Waals surface area contributed by atoms with E-state index in [0.717, 1.165) is 19.3 Å². The maximum Gasteiger partial charge on any atom is 0.269 e. The highest BCUT2D eigenvalue weighted by Gasteiger charge is 2.26. The lowest BCUT2D eigenvalue weighted by atomic mass is 10.2. The monoisotopic (exact) mass is 386 g/mol. The number of aromatic nitrogens is 1. The van der Waals surface area contributed by atoms with Crippen LogP contribution in [-0.2, 0) is 10.0 Å². The van der Waals surface area contributed by atoms with E-state index in [-0.39, 0.29) is 10.5 Å². The van der Waals surface area contributed by atoms with Crippen LogP contribution < -0.4 is 10.9 Å². The summed E-state index contributed by atoms with van der Waals surface area (Å²) in [4.78, 5) is 16.6. The van der Waals surface area contributed by atoms with Crippen LogP contribution in [-0.4, -0.2) is 36.7 Å². The molecule has 7 nitrogen and oxygen atoms in total. The molecule has 1 aliphatic heterocycles. The molecule has 1 aliphatic rings. The number of hydrogen-bond donors (Lipinski definition) is 2. The summed E-state index contributed by atoms with van der Waals surface area (Å²) in [6.45, 7) is 4.85. The first kappa shape index (κ1) is 19.1. The molecule has 2 aromatic rings. The lowest BCUT2D eigenvalue weighted by molar-refractivity contribution is 0.0942. The molecule has 27 heavy (non-hydrogen) atoms. The molecule has 1 saturated heterocycles. The van der Waals surface area contributed by atoms with Crippen LogP contribution in [0.5, 0.6) is 0 Å². The van der Waals surface area contributed by atoms with E-state index < -0.39 is 15.9 Å². The topological polar surface area (TPSA) is 91.4 Å². The summed E-state index contributed by atoms with van der Waals surface area (Å²) in [5.41, 5.74) is 6.49. The number of sulfonamides is 1. The van der Waals surface area contributed by atoms with Crippen molar-refractivity contribution >= 4 is 21.6 Å². The molecular weight excluding hydrogens is 364 g/mol. The zero-order chi connectivity index (χ0) is 19.3. The third kappa shape index (κ3) is 4.53. The number of hydrogen-bond acceptors (Lipinski definition) is 5. The van der Waals surface area contributed by atoms with E-state index in [4.69, 9.17) is 0 Å². The van der Waals surface area contributed by atoms with Gasteiger partial charge < -0.3 is 0 Å². The average molecular weight is 386 g/mol. The van der Waals surface area contributed by atoms with Gasteiger partial charge in [0, 0.05) is 24.8 Å². The van der Waals surface area contributed by atoms with Crippen LogP contribution in [0.4, 0.5) is 0 Å².